The van der Waals surface area contributed by atoms with Gasteiger partial charge >= 0.3 is 0 Å². The second-order valence-corrected chi connectivity index (χ2v) is 7.08. The summed E-state index contributed by atoms with van der Waals surface area (Å²) in [5.41, 5.74) is 0.926. The van der Waals surface area contributed by atoms with Gasteiger partial charge in [-0.3, -0.25) is 0 Å². The fraction of sp³-hybridized carbons (Fsp3) is 0.615. The van der Waals surface area contributed by atoms with Crippen molar-refractivity contribution in [2.75, 3.05) is 25.0 Å². The van der Waals surface area contributed by atoms with E-state index in [2.05, 4.69) is 29.0 Å². The molecule has 2 unspecified atom stereocenters. The van der Waals surface area contributed by atoms with Gasteiger partial charge in [-0.1, -0.05) is 25.4 Å². The van der Waals surface area contributed by atoms with E-state index in [0.29, 0.717) is 17.0 Å². The summed E-state index contributed by atoms with van der Waals surface area (Å²) in [6, 6.07) is 3.98. The molecule has 0 spiro atoms. The molecule has 100 valence electrons. The molecule has 0 aromatic carbocycles. The summed E-state index contributed by atoms with van der Waals surface area (Å²) in [5, 5.41) is 5.14. The van der Waals surface area contributed by atoms with Crippen LogP contribution in [0.15, 0.2) is 12.1 Å². The van der Waals surface area contributed by atoms with E-state index in [-0.39, 0.29) is 0 Å². The lowest BCUT2D eigenvalue weighted by Crippen LogP contribution is -2.41. The van der Waals surface area contributed by atoms with Crippen molar-refractivity contribution in [3.05, 3.63) is 22.8 Å². The zero-order chi connectivity index (χ0) is 13.1. The Morgan fingerprint density at radius 1 is 1.39 bits per heavy atom. The lowest BCUT2D eigenvalue weighted by molar-refractivity contribution is 0.711. The van der Waals surface area contributed by atoms with Gasteiger partial charge in [0.05, 0.1) is 10.7 Å². The van der Waals surface area contributed by atoms with Gasteiger partial charge in [0.1, 0.15) is 5.82 Å². The summed E-state index contributed by atoms with van der Waals surface area (Å²) in [4.78, 5) is 7.04. The van der Waals surface area contributed by atoms with Gasteiger partial charge in [-0.25, -0.2) is 4.98 Å². The van der Waals surface area contributed by atoms with E-state index in [1.165, 1.54) is 0 Å². The van der Waals surface area contributed by atoms with Crippen LogP contribution >= 0.6 is 23.4 Å². The molecule has 1 aliphatic rings. The average molecular weight is 286 g/mol. The van der Waals surface area contributed by atoms with Crippen molar-refractivity contribution in [2.45, 2.75) is 30.9 Å². The zero-order valence-electron chi connectivity index (χ0n) is 11.1. The third-order valence-electron chi connectivity index (χ3n) is 2.99. The van der Waals surface area contributed by atoms with Gasteiger partial charge in [0, 0.05) is 30.1 Å². The van der Waals surface area contributed by atoms with Crippen LogP contribution in [0.2, 0.25) is 5.02 Å². The highest BCUT2D eigenvalue weighted by molar-refractivity contribution is 8.00. The van der Waals surface area contributed by atoms with Crippen LogP contribution in [0, 0.1) is 0 Å². The van der Waals surface area contributed by atoms with Crippen LogP contribution in [-0.4, -0.2) is 35.6 Å². The standard InChI is InChI=1S/C13H20ClN3S/c1-9-7-17(8-10(2)18-9)13-5-4-11(14)12(16-13)6-15-3/h4-5,9-10,15H,6-8H2,1-3H3. The second kappa shape index (κ2) is 6.13. The maximum atomic E-state index is 6.15. The normalized spacial score (nSPS) is 24.3. The van der Waals surface area contributed by atoms with Gasteiger partial charge in [0.25, 0.3) is 0 Å². The van der Waals surface area contributed by atoms with Crippen molar-refractivity contribution in [1.82, 2.24) is 10.3 Å². The number of anilines is 1. The molecule has 2 rings (SSSR count). The zero-order valence-corrected chi connectivity index (χ0v) is 12.7. The summed E-state index contributed by atoms with van der Waals surface area (Å²) in [6.45, 7) is 7.38. The van der Waals surface area contributed by atoms with E-state index >= 15 is 0 Å². The van der Waals surface area contributed by atoms with Crippen molar-refractivity contribution in [3.63, 3.8) is 0 Å². The first-order valence-corrected chi connectivity index (χ1v) is 7.62. The molecule has 2 heterocycles. The number of pyridine rings is 1. The Morgan fingerprint density at radius 2 is 2.06 bits per heavy atom. The van der Waals surface area contributed by atoms with Crippen LogP contribution in [-0.2, 0) is 6.54 Å². The molecular weight excluding hydrogens is 266 g/mol. The third-order valence-corrected chi connectivity index (χ3v) is 4.56. The number of halogens is 1. The smallest absolute Gasteiger partial charge is 0.129 e. The number of nitrogens with one attached hydrogen (secondary N) is 1. The van der Waals surface area contributed by atoms with Gasteiger partial charge in [-0.2, -0.15) is 11.8 Å². The number of thioether (sulfide) groups is 1. The minimum Gasteiger partial charge on any atom is -0.354 e. The van der Waals surface area contributed by atoms with E-state index in [0.717, 1.165) is 29.6 Å². The van der Waals surface area contributed by atoms with Crippen LogP contribution in [0.25, 0.3) is 0 Å². The van der Waals surface area contributed by atoms with Crippen LogP contribution in [0.1, 0.15) is 19.5 Å². The molecule has 1 N–H and O–H groups in total. The van der Waals surface area contributed by atoms with Gasteiger partial charge in [-0.05, 0) is 19.2 Å². The van der Waals surface area contributed by atoms with Crippen molar-refractivity contribution in [3.8, 4) is 0 Å². The molecule has 1 fully saturated rings. The van der Waals surface area contributed by atoms with E-state index < -0.39 is 0 Å². The molecule has 1 aliphatic heterocycles. The maximum Gasteiger partial charge on any atom is 0.129 e. The topological polar surface area (TPSA) is 28.2 Å². The van der Waals surface area contributed by atoms with Crippen molar-refractivity contribution in [1.29, 1.82) is 0 Å². The minimum absolute atomic E-state index is 0.652. The molecule has 0 bridgehead atoms. The molecular formula is C13H20ClN3S. The van der Waals surface area contributed by atoms with Crippen LogP contribution < -0.4 is 10.2 Å². The first-order valence-electron chi connectivity index (χ1n) is 6.30. The largest absolute Gasteiger partial charge is 0.354 e. The average Bonchev–Trinajstić information content (AvgIpc) is 2.31. The molecule has 0 amide bonds. The highest BCUT2D eigenvalue weighted by atomic mass is 35.5. The Balaban J connectivity index is 2.19. The monoisotopic (exact) mass is 285 g/mol. The molecule has 1 aromatic heterocycles. The molecule has 2 atom stereocenters. The van der Waals surface area contributed by atoms with Crippen LogP contribution in [0.5, 0.6) is 0 Å². The van der Waals surface area contributed by atoms with Crippen LogP contribution in [0.4, 0.5) is 5.82 Å². The van der Waals surface area contributed by atoms with Crippen molar-refractivity contribution < 1.29 is 0 Å². The molecule has 1 saturated heterocycles. The van der Waals surface area contributed by atoms with Gasteiger partial charge in [0.15, 0.2) is 0 Å². The lowest BCUT2D eigenvalue weighted by Gasteiger charge is -2.35. The number of aromatic nitrogens is 1. The first kappa shape index (κ1) is 14.0. The number of nitrogens with zero attached hydrogens (tertiary/aromatic N) is 2. The van der Waals surface area contributed by atoms with Gasteiger partial charge in [-0.15, -0.1) is 0 Å². The van der Waals surface area contributed by atoms with Gasteiger partial charge in [0.2, 0.25) is 0 Å². The Kier molecular flexibility index (Phi) is 4.76. The molecule has 1 aromatic rings. The third kappa shape index (κ3) is 3.31. The Morgan fingerprint density at radius 3 is 2.67 bits per heavy atom. The Hall–Kier alpha value is -0.450. The minimum atomic E-state index is 0.652. The molecule has 5 heteroatoms. The fourth-order valence-electron chi connectivity index (χ4n) is 2.31. The predicted octanol–water partition coefficient (Wildman–Crippen LogP) is 2.78. The quantitative estimate of drug-likeness (QED) is 0.924. The number of rotatable bonds is 3. The van der Waals surface area contributed by atoms with E-state index in [1.807, 2.05) is 30.9 Å². The van der Waals surface area contributed by atoms with Crippen molar-refractivity contribution in [2.24, 2.45) is 0 Å². The highest BCUT2D eigenvalue weighted by Crippen LogP contribution is 2.28. The molecule has 0 radical (unpaired) electrons. The number of hydrogen-bond donors (Lipinski definition) is 1. The number of hydrogen-bond acceptors (Lipinski definition) is 4. The highest BCUT2D eigenvalue weighted by Gasteiger charge is 2.23. The summed E-state index contributed by atoms with van der Waals surface area (Å²) >= 11 is 8.20. The lowest BCUT2D eigenvalue weighted by atomic mass is 10.3. The van der Waals surface area contributed by atoms with E-state index in [9.17, 15) is 0 Å². The summed E-state index contributed by atoms with van der Waals surface area (Å²) < 4.78 is 0. The van der Waals surface area contributed by atoms with Gasteiger partial charge < -0.3 is 10.2 Å². The van der Waals surface area contributed by atoms with Crippen LogP contribution in [0.3, 0.4) is 0 Å². The summed E-state index contributed by atoms with van der Waals surface area (Å²) in [5.74, 6) is 1.05. The summed E-state index contributed by atoms with van der Waals surface area (Å²) in [7, 11) is 1.91. The fourth-order valence-corrected chi connectivity index (χ4v) is 3.80. The first-order chi connectivity index (χ1) is 8.60. The maximum absolute atomic E-state index is 6.15. The van der Waals surface area contributed by atoms with Crippen molar-refractivity contribution >= 4 is 29.2 Å². The molecule has 0 aliphatic carbocycles. The Bertz CT molecular complexity index is 403. The molecule has 18 heavy (non-hydrogen) atoms. The Labute approximate surface area is 118 Å². The SMILES string of the molecule is CNCc1nc(N2CC(C)SC(C)C2)ccc1Cl. The predicted molar refractivity (Wildman–Crippen MR) is 80.7 cm³/mol. The van der Waals surface area contributed by atoms with E-state index in [4.69, 9.17) is 11.6 Å². The summed E-state index contributed by atoms with van der Waals surface area (Å²) in [6.07, 6.45) is 0. The molecule has 3 nitrogen and oxygen atoms in total. The second-order valence-electron chi connectivity index (χ2n) is 4.79. The van der Waals surface area contributed by atoms with E-state index in [1.54, 1.807) is 0 Å². The molecule has 0 saturated carbocycles.